The summed E-state index contributed by atoms with van der Waals surface area (Å²) < 4.78 is 0. The Kier molecular flexibility index (Phi) is 4.24. The molecule has 0 radical (unpaired) electrons. The van der Waals surface area contributed by atoms with Gasteiger partial charge in [-0.2, -0.15) is 0 Å². The monoisotopic (exact) mass is 263 g/mol. The number of rotatable bonds is 7. The highest BCUT2D eigenvalue weighted by molar-refractivity contribution is 5.77. The summed E-state index contributed by atoms with van der Waals surface area (Å²) in [6.07, 6.45) is 3.49. The van der Waals surface area contributed by atoms with Gasteiger partial charge in [-0.3, -0.25) is 10.1 Å². The number of para-hydroxylation sites is 1. The molecule has 1 aromatic carbocycles. The minimum atomic E-state index is -0.281. The predicted octanol–water partition coefficient (Wildman–Crippen LogP) is 3.26. The van der Waals surface area contributed by atoms with Crippen molar-refractivity contribution in [2.45, 2.75) is 26.2 Å². The smallest absolute Gasteiger partial charge is 0.315 e. The molecule has 0 atom stereocenters. The van der Waals surface area contributed by atoms with Gasteiger partial charge in [0, 0.05) is 20.1 Å². The van der Waals surface area contributed by atoms with Crippen molar-refractivity contribution >= 4 is 17.1 Å². The van der Waals surface area contributed by atoms with Crippen LogP contribution in [0, 0.1) is 16.0 Å². The maximum atomic E-state index is 11.4. The molecule has 0 amide bonds. The molecule has 1 aromatic rings. The van der Waals surface area contributed by atoms with E-state index >= 15 is 0 Å². The van der Waals surface area contributed by atoms with E-state index in [1.807, 2.05) is 12.1 Å². The Hall–Kier alpha value is -1.78. The fourth-order valence-corrected chi connectivity index (χ4v) is 2.37. The van der Waals surface area contributed by atoms with Gasteiger partial charge in [0.15, 0.2) is 0 Å². The van der Waals surface area contributed by atoms with Crippen LogP contribution in [-0.2, 0) is 0 Å². The number of nitrogens with zero attached hydrogens (tertiary/aromatic N) is 2. The van der Waals surface area contributed by atoms with Crippen molar-refractivity contribution < 1.29 is 4.92 Å². The van der Waals surface area contributed by atoms with Crippen LogP contribution in [0.3, 0.4) is 0 Å². The van der Waals surface area contributed by atoms with Crippen molar-refractivity contribution in [1.82, 2.24) is 0 Å². The van der Waals surface area contributed by atoms with Crippen molar-refractivity contribution in [3.05, 3.63) is 28.3 Å². The molecule has 1 fully saturated rings. The first-order valence-corrected chi connectivity index (χ1v) is 6.87. The third-order valence-electron chi connectivity index (χ3n) is 3.48. The number of anilines is 2. The van der Waals surface area contributed by atoms with Crippen LogP contribution in [0.15, 0.2) is 18.2 Å². The maximum Gasteiger partial charge on any atom is 0.315 e. The summed E-state index contributed by atoms with van der Waals surface area (Å²) in [5, 5.41) is 14.3. The lowest BCUT2D eigenvalue weighted by atomic mass is 10.2. The van der Waals surface area contributed by atoms with Gasteiger partial charge in [0.2, 0.25) is 0 Å². The van der Waals surface area contributed by atoms with Gasteiger partial charge in [0.1, 0.15) is 11.4 Å². The van der Waals surface area contributed by atoms with Crippen LogP contribution >= 0.6 is 0 Å². The van der Waals surface area contributed by atoms with Crippen molar-refractivity contribution in [2.75, 3.05) is 30.4 Å². The summed E-state index contributed by atoms with van der Waals surface area (Å²) in [5.74, 6) is 0.712. The Morgan fingerprint density at radius 2 is 2.21 bits per heavy atom. The van der Waals surface area contributed by atoms with Crippen LogP contribution in [0.5, 0.6) is 0 Å². The summed E-state index contributed by atoms with van der Waals surface area (Å²) >= 11 is 0. The van der Waals surface area contributed by atoms with Gasteiger partial charge in [0.05, 0.1) is 4.92 Å². The second-order valence-electron chi connectivity index (χ2n) is 5.07. The SMILES string of the molecule is CCCN(CC1CC1)c1cccc(NC)c1[N+](=O)[O-]. The summed E-state index contributed by atoms with van der Waals surface area (Å²) in [5.41, 5.74) is 1.52. The minimum absolute atomic E-state index is 0.194. The zero-order chi connectivity index (χ0) is 13.8. The van der Waals surface area contributed by atoms with E-state index in [-0.39, 0.29) is 10.6 Å². The van der Waals surface area contributed by atoms with Crippen molar-refractivity contribution in [3.63, 3.8) is 0 Å². The Bertz CT molecular complexity index is 458. The summed E-state index contributed by atoms with van der Waals surface area (Å²) in [6, 6.07) is 5.49. The second-order valence-corrected chi connectivity index (χ2v) is 5.07. The first kappa shape index (κ1) is 13.6. The lowest BCUT2D eigenvalue weighted by Gasteiger charge is -2.24. The topological polar surface area (TPSA) is 58.4 Å². The number of nitro benzene ring substituents is 1. The molecule has 1 N–H and O–H groups in total. The van der Waals surface area contributed by atoms with Gasteiger partial charge in [-0.25, -0.2) is 0 Å². The third kappa shape index (κ3) is 3.16. The lowest BCUT2D eigenvalue weighted by molar-refractivity contribution is -0.383. The molecule has 2 rings (SSSR count). The molecule has 0 spiro atoms. The third-order valence-corrected chi connectivity index (χ3v) is 3.48. The average molecular weight is 263 g/mol. The highest BCUT2D eigenvalue weighted by Gasteiger charge is 2.28. The van der Waals surface area contributed by atoms with Gasteiger partial charge in [-0.05, 0) is 37.3 Å². The molecule has 1 aliphatic carbocycles. The molecule has 0 aromatic heterocycles. The van der Waals surface area contributed by atoms with E-state index in [4.69, 9.17) is 0 Å². The standard InChI is InChI=1S/C14H21N3O2/c1-3-9-16(10-11-7-8-11)13-6-4-5-12(15-2)14(13)17(18)19/h4-6,11,15H,3,7-10H2,1-2H3. The molecule has 0 heterocycles. The number of hydrogen-bond donors (Lipinski definition) is 1. The molecule has 1 saturated carbocycles. The normalized spacial score (nSPS) is 14.2. The molecule has 1 aliphatic rings. The first-order chi connectivity index (χ1) is 9.17. The Balaban J connectivity index is 2.35. The number of nitro groups is 1. The number of benzene rings is 1. The predicted molar refractivity (Wildman–Crippen MR) is 77.9 cm³/mol. The van der Waals surface area contributed by atoms with E-state index in [0.29, 0.717) is 11.6 Å². The molecule has 104 valence electrons. The van der Waals surface area contributed by atoms with E-state index in [1.54, 1.807) is 13.1 Å². The molecule has 5 heteroatoms. The van der Waals surface area contributed by atoms with Crippen LogP contribution in [0.4, 0.5) is 17.1 Å². The molecule has 5 nitrogen and oxygen atoms in total. The average Bonchev–Trinajstić information content (AvgIpc) is 3.21. The van der Waals surface area contributed by atoms with Gasteiger partial charge in [-0.15, -0.1) is 0 Å². The zero-order valence-electron chi connectivity index (χ0n) is 11.6. The summed E-state index contributed by atoms with van der Waals surface area (Å²) in [7, 11) is 1.72. The Morgan fingerprint density at radius 1 is 1.47 bits per heavy atom. The van der Waals surface area contributed by atoms with E-state index in [9.17, 15) is 10.1 Å². The molecule has 0 aliphatic heterocycles. The minimum Gasteiger partial charge on any atom is -0.382 e. The molecule has 0 unspecified atom stereocenters. The van der Waals surface area contributed by atoms with Crippen molar-refractivity contribution in [1.29, 1.82) is 0 Å². The summed E-state index contributed by atoms with van der Waals surface area (Å²) in [6.45, 7) is 3.90. The summed E-state index contributed by atoms with van der Waals surface area (Å²) in [4.78, 5) is 13.2. The van der Waals surface area contributed by atoms with Crippen LogP contribution in [0.25, 0.3) is 0 Å². The van der Waals surface area contributed by atoms with Crippen LogP contribution < -0.4 is 10.2 Å². The van der Waals surface area contributed by atoms with Gasteiger partial charge < -0.3 is 10.2 Å². The number of nitrogens with one attached hydrogen (secondary N) is 1. The van der Waals surface area contributed by atoms with Crippen LogP contribution in [0.2, 0.25) is 0 Å². The lowest BCUT2D eigenvalue weighted by Crippen LogP contribution is -2.27. The van der Waals surface area contributed by atoms with Crippen molar-refractivity contribution in [3.8, 4) is 0 Å². The first-order valence-electron chi connectivity index (χ1n) is 6.87. The maximum absolute atomic E-state index is 11.4. The van der Waals surface area contributed by atoms with E-state index in [0.717, 1.165) is 25.2 Å². The Labute approximate surface area is 113 Å². The number of hydrogen-bond acceptors (Lipinski definition) is 4. The molecule has 0 bridgehead atoms. The zero-order valence-corrected chi connectivity index (χ0v) is 11.6. The van der Waals surface area contributed by atoms with E-state index < -0.39 is 0 Å². The van der Waals surface area contributed by atoms with E-state index in [1.165, 1.54) is 12.8 Å². The van der Waals surface area contributed by atoms with E-state index in [2.05, 4.69) is 17.1 Å². The molecule has 19 heavy (non-hydrogen) atoms. The highest BCUT2D eigenvalue weighted by atomic mass is 16.6. The van der Waals surface area contributed by atoms with Crippen LogP contribution in [-0.4, -0.2) is 25.1 Å². The fourth-order valence-electron chi connectivity index (χ4n) is 2.37. The largest absolute Gasteiger partial charge is 0.382 e. The fraction of sp³-hybridized carbons (Fsp3) is 0.571. The Morgan fingerprint density at radius 3 is 2.74 bits per heavy atom. The molecule has 0 saturated heterocycles. The van der Waals surface area contributed by atoms with Crippen molar-refractivity contribution in [2.24, 2.45) is 5.92 Å². The quantitative estimate of drug-likeness (QED) is 0.606. The van der Waals surface area contributed by atoms with Gasteiger partial charge in [0.25, 0.3) is 0 Å². The molecular formula is C14H21N3O2. The highest BCUT2D eigenvalue weighted by Crippen LogP contribution is 2.38. The van der Waals surface area contributed by atoms with Gasteiger partial charge >= 0.3 is 5.69 Å². The molecular weight excluding hydrogens is 242 g/mol. The second kappa shape index (κ2) is 5.91. The van der Waals surface area contributed by atoms with Crippen LogP contribution in [0.1, 0.15) is 26.2 Å². The van der Waals surface area contributed by atoms with Gasteiger partial charge in [-0.1, -0.05) is 13.0 Å².